The highest BCUT2D eigenvalue weighted by atomic mass is 32.1. The quantitative estimate of drug-likeness (QED) is 0.317. The summed E-state index contributed by atoms with van der Waals surface area (Å²) in [7, 11) is 0. The monoisotopic (exact) mass is 562 g/mol. The first-order valence-electron chi connectivity index (χ1n) is 13.0. The van der Waals surface area contributed by atoms with Crippen molar-refractivity contribution in [2.75, 3.05) is 0 Å². The lowest BCUT2D eigenvalue weighted by Crippen LogP contribution is -2.31. The first kappa shape index (κ1) is 23.6. The first-order valence-corrected chi connectivity index (χ1v) is 14.7. The maximum absolute atomic E-state index is 12.9. The number of hydrogen-bond acceptors (Lipinski definition) is 10. The number of benzene rings is 2. The Bertz CT molecular complexity index is 2100. The number of fused-ring (bicyclic) bond motifs is 7. The molecule has 0 saturated heterocycles. The number of rotatable bonds is 2. The van der Waals surface area contributed by atoms with Gasteiger partial charge in [-0.05, 0) is 12.8 Å². The second-order valence-electron chi connectivity index (χ2n) is 10.3. The van der Waals surface area contributed by atoms with Gasteiger partial charge >= 0.3 is 0 Å². The van der Waals surface area contributed by atoms with Crippen molar-refractivity contribution in [3.05, 3.63) is 112 Å². The van der Waals surface area contributed by atoms with Crippen molar-refractivity contribution in [3.8, 4) is 9.75 Å². The summed E-state index contributed by atoms with van der Waals surface area (Å²) in [5, 5.41) is 1.97. The molecule has 8 rings (SSSR count). The van der Waals surface area contributed by atoms with Crippen LogP contribution in [0.4, 0.5) is 10.3 Å². The Morgan fingerprint density at radius 3 is 1.32 bits per heavy atom. The Balaban J connectivity index is 1.32. The molecule has 1 spiro atoms. The van der Waals surface area contributed by atoms with E-state index in [4.69, 9.17) is 9.97 Å². The van der Waals surface area contributed by atoms with Gasteiger partial charge in [0.2, 0.25) is 32.0 Å². The molecule has 1 saturated carbocycles. The van der Waals surface area contributed by atoms with Gasteiger partial charge in [-0.3, -0.25) is 19.2 Å². The lowest BCUT2D eigenvalue weighted by Gasteiger charge is -2.32. The molecule has 2 aliphatic carbocycles. The number of nitrogens with zero attached hydrogens (tertiary/aromatic N) is 4. The van der Waals surface area contributed by atoms with E-state index in [1.165, 1.54) is 22.7 Å². The highest BCUT2D eigenvalue weighted by molar-refractivity contribution is 7.25. The van der Waals surface area contributed by atoms with E-state index >= 15 is 0 Å². The van der Waals surface area contributed by atoms with Crippen molar-refractivity contribution in [3.63, 3.8) is 0 Å². The average molecular weight is 563 g/mol. The van der Waals surface area contributed by atoms with Crippen LogP contribution in [0, 0.1) is 0 Å². The molecule has 0 unspecified atom stereocenters. The normalized spacial score (nSPS) is 15.6. The van der Waals surface area contributed by atoms with E-state index in [0.29, 0.717) is 31.8 Å². The molecule has 0 amide bonds. The molecule has 10 heteroatoms. The number of aromatic nitrogens is 2. The second kappa shape index (κ2) is 8.36. The third kappa shape index (κ3) is 3.11. The number of thiazole rings is 2. The SMILES string of the molecule is O=c1c(=Nc2nc3c(s2)-c2sc(N=c4c(=O)c5ccccc5c4=O)nc2C32CCCCC2)c(=O)c2ccccc12. The van der Waals surface area contributed by atoms with Crippen molar-refractivity contribution in [1.82, 2.24) is 9.97 Å². The van der Waals surface area contributed by atoms with Gasteiger partial charge in [0.15, 0.2) is 10.7 Å². The predicted molar refractivity (Wildman–Crippen MR) is 155 cm³/mol. The van der Waals surface area contributed by atoms with Gasteiger partial charge in [-0.2, -0.15) is 0 Å². The Morgan fingerprint density at radius 1 is 0.575 bits per heavy atom. The third-order valence-corrected chi connectivity index (χ3v) is 10.2. The first-order chi connectivity index (χ1) is 19.5. The summed E-state index contributed by atoms with van der Waals surface area (Å²) in [5.41, 5.74) is -0.162. The van der Waals surface area contributed by atoms with Gasteiger partial charge in [0.25, 0.3) is 0 Å². The second-order valence-corrected chi connectivity index (χ2v) is 12.3. The van der Waals surface area contributed by atoms with Crippen LogP contribution in [0.15, 0.2) is 77.7 Å². The van der Waals surface area contributed by atoms with E-state index in [1.54, 1.807) is 48.5 Å². The maximum Gasteiger partial charge on any atom is 0.216 e. The molecule has 0 atom stereocenters. The molecule has 4 aromatic carbocycles. The lowest BCUT2D eigenvalue weighted by molar-refractivity contribution is 0.340. The summed E-state index contributed by atoms with van der Waals surface area (Å²) < 4.78 is 0. The largest absolute Gasteiger partial charge is 0.287 e. The minimum absolute atomic E-state index is 0.110. The van der Waals surface area contributed by atoms with Crippen LogP contribution in [-0.4, -0.2) is 9.97 Å². The molecule has 2 aromatic heterocycles. The molecule has 1 fully saturated rings. The maximum atomic E-state index is 12.9. The smallest absolute Gasteiger partial charge is 0.216 e. The lowest BCUT2D eigenvalue weighted by atomic mass is 9.72. The van der Waals surface area contributed by atoms with Gasteiger partial charge in [-0.25, -0.2) is 20.0 Å². The van der Waals surface area contributed by atoms with Crippen LogP contribution in [-0.2, 0) is 5.41 Å². The van der Waals surface area contributed by atoms with Gasteiger partial charge < -0.3 is 0 Å². The van der Waals surface area contributed by atoms with Crippen LogP contribution in [0.1, 0.15) is 43.5 Å². The minimum Gasteiger partial charge on any atom is -0.287 e. The standard InChI is InChI=1S/C30H18N4O4S2/c35-20-14-8-2-3-9-15(14)21(36)18(20)31-28-33-26-24(39-28)25-27(30(26)12-6-1-7-13-30)34-29(40-25)32-19-22(37)16-10-4-5-11-17(16)23(19)38/h2-5,8-11H,1,6-7,12-13H2. The van der Waals surface area contributed by atoms with Crippen molar-refractivity contribution < 1.29 is 0 Å². The Hall–Kier alpha value is -4.28. The van der Waals surface area contributed by atoms with E-state index in [9.17, 15) is 19.2 Å². The zero-order valence-electron chi connectivity index (χ0n) is 20.9. The summed E-state index contributed by atoms with van der Waals surface area (Å²) in [6, 6.07) is 13.5. The Morgan fingerprint density at radius 2 is 0.950 bits per heavy atom. The van der Waals surface area contributed by atoms with Gasteiger partial charge in [-0.15, -0.1) is 0 Å². The summed E-state index contributed by atoms with van der Waals surface area (Å²) in [6.45, 7) is 0. The van der Waals surface area contributed by atoms with E-state index in [-0.39, 0.29) is 32.4 Å². The van der Waals surface area contributed by atoms with Crippen LogP contribution in [0.25, 0.3) is 31.3 Å². The van der Waals surface area contributed by atoms with Gasteiger partial charge in [-0.1, -0.05) is 90.5 Å². The zero-order chi connectivity index (χ0) is 27.2. The van der Waals surface area contributed by atoms with E-state index < -0.39 is 5.41 Å². The number of hydrogen-bond donors (Lipinski definition) is 0. The summed E-state index contributed by atoms with van der Waals surface area (Å²) in [5.74, 6) is 0. The fraction of sp³-hybridized carbons (Fsp3) is 0.200. The Labute approximate surface area is 232 Å². The molecule has 0 radical (unpaired) electrons. The van der Waals surface area contributed by atoms with Crippen molar-refractivity contribution in [2.45, 2.75) is 37.5 Å². The molecular weight excluding hydrogens is 544 g/mol. The molecule has 2 aliphatic rings. The van der Waals surface area contributed by atoms with Crippen LogP contribution in [0.3, 0.4) is 0 Å². The highest BCUT2D eigenvalue weighted by Gasteiger charge is 2.49. The van der Waals surface area contributed by atoms with E-state index in [1.807, 2.05) is 0 Å². The van der Waals surface area contributed by atoms with Gasteiger partial charge in [0.1, 0.15) is 0 Å². The van der Waals surface area contributed by atoms with Gasteiger partial charge in [0.05, 0.1) is 26.6 Å². The molecule has 8 nitrogen and oxygen atoms in total. The molecule has 6 aromatic rings. The fourth-order valence-corrected chi connectivity index (χ4v) is 8.50. The molecule has 194 valence electrons. The summed E-state index contributed by atoms with van der Waals surface area (Å²) in [6.07, 6.45) is 4.87. The van der Waals surface area contributed by atoms with Crippen molar-refractivity contribution in [1.29, 1.82) is 0 Å². The fourth-order valence-electron chi connectivity index (χ4n) is 6.28. The summed E-state index contributed by atoms with van der Waals surface area (Å²) >= 11 is 2.67. The Kier molecular flexibility index (Phi) is 4.93. The topological polar surface area (TPSA) is 119 Å². The highest BCUT2D eigenvalue weighted by Crippen LogP contribution is 2.60. The molecule has 0 N–H and O–H groups in total. The zero-order valence-corrected chi connectivity index (χ0v) is 22.5. The van der Waals surface area contributed by atoms with E-state index in [2.05, 4.69) is 9.98 Å². The molecule has 0 aliphatic heterocycles. The van der Waals surface area contributed by atoms with Crippen molar-refractivity contribution in [2.24, 2.45) is 9.98 Å². The predicted octanol–water partition coefficient (Wildman–Crippen LogP) is 3.79. The third-order valence-electron chi connectivity index (χ3n) is 8.16. The van der Waals surface area contributed by atoms with Crippen LogP contribution < -0.4 is 32.4 Å². The summed E-state index contributed by atoms with van der Waals surface area (Å²) in [4.78, 5) is 72.2. The van der Waals surface area contributed by atoms with E-state index in [0.717, 1.165) is 53.2 Å². The molecule has 40 heavy (non-hydrogen) atoms. The molecule has 0 bridgehead atoms. The average Bonchev–Trinajstić information content (AvgIpc) is 3.75. The minimum atomic E-state index is -0.411. The van der Waals surface area contributed by atoms with Crippen LogP contribution >= 0.6 is 22.7 Å². The van der Waals surface area contributed by atoms with Crippen molar-refractivity contribution >= 4 is 54.5 Å². The van der Waals surface area contributed by atoms with Crippen LogP contribution in [0.5, 0.6) is 0 Å². The molecule has 2 heterocycles. The van der Waals surface area contributed by atoms with Gasteiger partial charge in [0, 0.05) is 21.5 Å². The van der Waals surface area contributed by atoms with Crippen LogP contribution in [0.2, 0.25) is 0 Å². The molecular formula is C30H18N4O4S2.